The fourth-order valence-electron chi connectivity index (χ4n) is 7.89. The molecule has 2 heterocycles. The van der Waals surface area contributed by atoms with Gasteiger partial charge in [0.2, 0.25) is 0 Å². The molecule has 0 bridgehead atoms. The number of methoxy groups -OCH3 is 1. The van der Waals surface area contributed by atoms with E-state index >= 15 is 0 Å². The summed E-state index contributed by atoms with van der Waals surface area (Å²) in [4.78, 5) is 26.2. The van der Waals surface area contributed by atoms with Crippen LogP contribution in [0.25, 0.3) is 0 Å². The third kappa shape index (κ3) is 14.1. The first-order valence-corrected chi connectivity index (χ1v) is 21.9. The Kier molecular flexibility index (Phi) is 18.2. The molecule has 0 N–H and O–H groups in total. The lowest BCUT2D eigenvalue weighted by Crippen LogP contribution is -2.67. The molecule has 2 saturated heterocycles. The van der Waals surface area contributed by atoms with Gasteiger partial charge in [-0.05, 0) is 27.8 Å². The van der Waals surface area contributed by atoms with Crippen molar-refractivity contribution in [3.63, 3.8) is 0 Å². The Bertz CT molecular complexity index is 2130. The SMILES string of the molecule is CO[C@@H]1O[C@H](COCc2ccccc2)[C@H](OC(C)=O)[C@H](O[C@@H]2O[C@H](COCc3ccccc3)[C@H](OCc3ccccc3)[C@H](OCc3ccccc3)[C@H]2OC(C)=O)[C@H]1OCc1ccccc1. The lowest BCUT2D eigenvalue weighted by atomic mass is 9.95. The van der Waals surface area contributed by atoms with Crippen molar-refractivity contribution < 1.29 is 61.7 Å². The zero-order chi connectivity index (χ0) is 45.2. The molecule has 2 aliphatic heterocycles. The molecule has 7 rings (SSSR count). The van der Waals surface area contributed by atoms with E-state index in [2.05, 4.69) is 0 Å². The van der Waals surface area contributed by atoms with Crippen molar-refractivity contribution in [1.82, 2.24) is 0 Å². The van der Waals surface area contributed by atoms with Crippen LogP contribution in [0.2, 0.25) is 0 Å². The molecular weight excluding hydrogens is 833 g/mol. The normalized spacial score (nSPS) is 25.4. The van der Waals surface area contributed by atoms with Gasteiger partial charge in [0.25, 0.3) is 0 Å². The molecule has 13 nitrogen and oxygen atoms in total. The molecule has 0 amide bonds. The summed E-state index contributed by atoms with van der Waals surface area (Å²) in [5.41, 5.74) is 4.57. The zero-order valence-electron chi connectivity index (χ0n) is 37.0. The highest BCUT2D eigenvalue weighted by atomic mass is 16.8. The molecule has 0 spiro atoms. The van der Waals surface area contributed by atoms with E-state index in [1.165, 1.54) is 21.0 Å². The second-order valence-electron chi connectivity index (χ2n) is 15.9. The minimum absolute atomic E-state index is 0.00890. The summed E-state index contributed by atoms with van der Waals surface area (Å²) in [6, 6.07) is 48.4. The fourth-order valence-corrected chi connectivity index (χ4v) is 7.89. The van der Waals surface area contributed by atoms with Crippen LogP contribution < -0.4 is 0 Å². The molecule has 2 fully saturated rings. The van der Waals surface area contributed by atoms with Gasteiger partial charge in [-0.15, -0.1) is 0 Å². The predicted molar refractivity (Wildman–Crippen MR) is 238 cm³/mol. The lowest BCUT2D eigenvalue weighted by Gasteiger charge is -2.49. The van der Waals surface area contributed by atoms with Gasteiger partial charge in [-0.25, -0.2) is 0 Å². The van der Waals surface area contributed by atoms with Crippen LogP contribution in [0, 0.1) is 0 Å². The van der Waals surface area contributed by atoms with Crippen molar-refractivity contribution in [1.29, 1.82) is 0 Å². The van der Waals surface area contributed by atoms with Gasteiger partial charge in [-0.3, -0.25) is 9.59 Å². The lowest BCUT2D eigenvalue weighted by molar-refractivity contribution is -0.370. The van der Waals surface area contributed by atoms with Gasteiger partial charge in [0.1, 0.15) is 36.6 Å². The van der Waals surface area contributed by atoms with Crippen molar-refractivity contribution in [3.05, 3.63) is 179 Å². The van der Waals surface area contributed by atoms with Gasteiger partial charge in [0.15, 0.2) is 24.8 Å². The van der Waals surface area contributed by atoms with Crippen LogP contribution in [0.4, 0.5) is 0 Å². The molecule has 10 atom stereocenters. The maximum Gasteiger partial charge on any atom is 0.303 e. The summed E-state index contributed by atoms with van der Waals surface area (Å²) >= 11 is 0. The molecule has 0 aliphatic carbocycles. The van der Waals surface area contributed by atoms with E-state index in [1.807, 2.05) is 152 Å². The van der Waals surface area contributed by atoms with E-state index in [9.17, 15) is 9.59 Å². The van der Waals surface area contributed by atoms with E-state index in [-0.39, 0.29) is 46.2 Å². The van der Waals surface area contributed by atoms with Gasteiger partial charge in [-0.1, -0.05) is 152 Å². The number of benzene rings is 5. The smallest absolute Gasteiger partial charge is 0.303 e. The molecule has 0 radical (unpaired) electrons. The molecule has 0 unspecified atom stereocenters. The Morgan fingerprint density at radius 3 is 1.18 bits per heavy atom. The van der Waals surface area contributed by atoms with Crippen molar-refractivity contribution in [2.75, 3.05) is 20.3 Å². The van der Waals surface area contributed by atoms with E-state index in [0.717, 1.165) is 27.8 Å². The van der Waals surface area contributed by atoms with E-state index < -0.39 is 73.4 Å². The van der Waals surface area contributed by atoms with Crippen molar-refractivity contribution in [3.8, 4) is 0 Å². The average Bonchev–Trinajstić information content (AvgIpc) is 3.33. The first kappa shape index (κ1) is 47.6. The third-order valence-electron chi connectivity index (χ3n) is 11.0. The monoisotopic (exact) mass is 890 g/mol. The number of carbonyl (C=O) groups excluding carboxylic acids is 2. The highest BCUT2D eigenvalue weighted by Crippen LogP contribution is 2.36. The number of hydrogen-bond donors (Lipinski definition) is 0. The van der Waals surface area contributed by atoms with Crippen LogP contribution >= 0.6 is 0 Å². The number of carbonyl (C=O) groups is 2. The van der Waals surface area contributed by atoms with Crippen LogP contribution in [0.3, 0.4) is 0 Å². The van der Waals surface area contributed by atoms with Gasteiger partial charge >= 0.3 is 11.9 Å². The van der Waals surface area contributed by atoms with Gasteiger partial charge in [-0.2, -0.15) is 0 Å². The molecular formula is C52H58O13. The molecule has 2 aliphatic rings. The Hall–Kier alpha value is -5.32. The van der Waals surface area contributed by atoms with Gasteiger partial charge in [0, 0.05) is 21.0 Å². The van der Waals surface area contributed by atoms with Crippen molar-refractivity contribution in [2.45, 2.75) is 108 Å². The zero-order valence-corrected chi connectivity index (χ0v) is 37.0. The number of esters is 2. The van der Waals surface area contributed by atoms with E-state index in [4.69, 9.17) is 52.1 Å². The van der Waals surface area contributed by atoms with E-state index in [0.29, 0.717) is 0 Å². The van der Waals surface area contributed by atoms with Crippen LogP contribution in [-0.2, 0) is 94.7 Å². The van der Waals surface area contributed by atoms with Crippen LogP contribution in [-0.4, -0.2) is 93.7 Å². The molecule has 0 aromatic heterocycles. The summed E-state index contributed by atoms with van der Waals surface area (Å²) in [6.45, 7) is 3.65. The highest BCUT2D eigenvalue weighted by Gasteiger charge is 2.56. The minimum atomic E-state index is -1.35. The molecule has 0 saturated carbocycles. The predicted octanol–water partition coefficient (Wildman–Crippen LogP) is 7.52. The van der Waals surface area contributed by atoms with E-state index in [1.54, 1.807) is 0 Å². The molecule has 5 aromatic rings. The first-order chi connectivity index (χ1) is 31.8. The summed E-state index contributed by atoms with van der Waals surface area (Å²) in [6.07, 6.45) is -10.4. The average molecular weight is 891 g/mol. The topological polar surface area (TPSA) is 136 Å². The Morgan fingerprint density at radius 2 is 0.769 bits per heavy atom. The quantitative estimate of drug-likeness (QED) is 0.0635. The Labute approximate surface area is 380 Å². The van der Waals surface area contributed by atoms with Crippen molar-refractivity contribution in [2.24, 2.45) is 0 Å². The first-order valence-electron chi connectivity index (χ1n) is 21.9. The van der Waals surface area contributed by atoms with Crippen LogP contribution in [0.1, 0.15) is 41.7 Å². The standard InChI is InChI=1S/C52H58O13/c1-36(53)61-46-44(35-57-30-39-21-11-5-12-22-39)63-51(55-3)49(60-33-42-27-17-8-18-28-42)48(46)65-52-50(62-37(2)54)47(59-32-41-25-15-7-16-26-41)45(58-31-40-23-13-6-14-24-40)43(64-52)34-56-29-38-19-9-4-10-20-38/h4-28,43-52H,29-35H2,1-3H3/t43-,44-,45+,46+,47+,48+,49-,50-,51-,52+/m1/s1. The van der Waals surface area contributed by atoms with Gasteiger partial charge in [0.05, 0.1) is 46.2 Å². The maximum atomic E-state index is 13.2. The fraction of sp³-hybridized carbons (Fsp3) is 0.385. The molecule has 65 heavy (non-hydrogen) atoms. The van der Waals surface area contributed by atoms with Crippen LogP contribution in [0.5, 0.6) is 0 Å². The third-order valence-corrected chi connectivity index (χ3v) is 11.0. The summed E-state index contributed by atoms with van der Waals surface area (Å²) < 4.78 is 71.3. The molecule has 344 valence electrons. The summed E-state index contributed by atoms with van der Waals surface area (Å²) in [5.74, 6) is -1.20. The summed E-state index contributed by atoms with van der Waals surface area (Å²) in [5, 5.41) is 0. The molecule has 13 heteroatoms. The second kappa shape index (κ2) is 24.8. The van der Waals surface area contributed by atoms with Gasteiger partial charge < -0.3 is 52.1 Å². The maximum absolute atomic E-state index is 13.2. The second-order valence-corrected chi connectivity index (χ2v) is 15.9. The Balaban J connectivity index is 1.26. The van der Waals surface area contributed by atoms with Crippen LogP contribution in [0.15, 0.2) is 152 Å². The number of rotatable bonds is 22. The minimum Gasteiger partial charge on any atom is -0.457 e. The summed E-state index contributed by atoms with van der Waals surface area (Å²) in [7, 11) is 1.50. The Morgan fingerprint density at radius 1 is 0.415 bits per heavy atom. The number of ether oxygens (including phenoxy) is 11. The molecule has 5 aromatic carbocycles. The van der Waals surface area contributed by atoms with Crippen molar-refractivity contribution >= 4 is 11.9 Å². The number of hydrogen-bond acceptors (Lipinski definition) is 13. The highest BCUT2D eigenvalue weighted by molar-refractivity contribution is 5.66. The largest absolute Gasteiger partial charge is 0.457 e.